The van der Waals surface area contributed by atoms with Gasteiger partial charge in [-0.05, 0) is 19.1 Å². The highest BCUT2D eigenvalue weighted by atomic mass is 16.5. The molecule has 1 N–H and O–H groups in total. The number of nitrogens with one attached hydrogen (secondary N) is 1. The first-order valence-electron chi connectivity index (χ1n) is 6.57. The van der Waals surface area contributed by atoms with Crippen molar-refractivity contribution in [1.29, 1.82) is 0 Å². The molecule has 0 aromatic carbocycles. The van der Waals surface area contributed by atoms with Gasteiger partial charge < -0.3 is 19.2 Å². The van der Waals surface area contributed by atoms with E-state index in [-0.39, 0.29) is 6.04 Å². The first kappa shape index (κ1) is 13.9. The summed E-state index contributed by atoms with van der Waals surface area (Å²) in [5.74, 6) is 0.846. The molecular weight excluding hydrogens is 248 g/mol. The minimum Gasteiger partial charge on any atom is -0.468 e. The van der Waals surface area contributed by atoms with Gasteiger partial charge in [-0.2, -0.15) is 0 Å². The smallest absolute Gasteiger partial charge is 0.407 e. The second kappa shape index (κ2) is 7.16. The maximum Gasteiger partial charge on any atom is 0.407 e. The van der Waals surface area contributed by atoms with Crippen LogP contribution in [-0.2, 0) is 9.47 Å². The molecule has 0 spiro atoms. The Bertz CT molecular complexity index is 374. The normalized spacial score (nSPS) is 17.9. The van der Waals surface area contributed by atoms with Crippen molar-refractivity contribution < 1.29 is 18.7 Å². The van der Waals surface area contributed by atoms with E-state index in [1.54, 1.807) is 13.2 Å². The molecule has 19 heavy (non-hydrogen) atoms. The largest absolute Gasteiger partial charge is 0.468 e. The number of hydrogen-bond acceptors (Lipinski definition) is 5. The van der Waals surface area contributed by atoms with Crippen molar-refractivity contribution in [3.05, 3.63) is 24.2 Å². The molecule has 1 aromatic rings. The van der Waals surface area contributed by atoms with Crippen molar-refractivity contribution in [3.8, 4) is 0 Å². The zero-order valence-electron chi connectivity index (χ0n) is 11.1. The predicted molar refractivity (Wildman–Crippen MR) is 68.9 cm³/mol. The van der Waals surface area contributed by atoms with Gasteiger partial charge in [0.05, 0.1) is 32.1 Å². The molecule has 1 aliphatic heterocycles. The van der Waals surface area contributed by atoms with Crippen LogP contribution in [0.2, 0.25) is 0 Å². The van der Waals surface area contributed by atoms with Gasteiger partial charge in [-0.1, -0.05) is 0 Å². The van der Waals surface area contributed by atoms with Crippen LogP contribution >= 0.6 is 0 Å². The van der Waals surface area contributed by atoms with Crippen LogP contribution in [0, 0.1) is 0 Å². The van der Waals surface area contributed by atoms with E-state index in [1.165, 1.54) is 0 Å². The second-order valence-electron chi connectivity index (χ2n) is 4.28. The fraction of sp³-hybridized carbons (Fsp3) is 0.615. The number of furan rings is 1. The third-order valence-electron chi connectivity index (χ3n) is 3.07. The third kappa shape index (κ3) is 3.97. The quantitative estimate of drug-likeness (QED) is 0.874. The molecular formula is C13H20N2O4. The third-order valence-corrected chi connectivity index (χ3v) is 3.07. The number of amides is 1. The zero-order valence-corrected chi connectivity index (χ0v) is 11.1. The van der Waals surface area contributed by atoms with Gasteiger partial charge in [0.2, 0.25) is 0 Å². The number of carbonyl (C=O) groups is 1. The monoisotopic (exact) mass is 268 g/mol. The highest BCUT2D eigenvalue weighted by Gasteiger charge is 2.25. The van der Waals surface area contributed by atoms with E-state index in [4.69, 9.17) is 13.9 Å². The lowest BCUT2D eigenvalue weighted by Gasteiger charge is -2.33. The van der Waals surface area contributed by atoms with Gasteiger partial charge in [-0.3, -0.25) is 4.90 Å². The van der Waals surface area contributed by atoms with Crippen LogP contribution < -0.4 is 5.32 Å². The maximum atomic E-state index is 11.4. The molecule has 6 heteroatoms. The van der Waals surface area contributed by atoms with Crippen LogP contribution in [0.4, 0.5) is 4.79 Å². The number of alkyl carbamates (subject to hydrolysis) is 1. The number of rotatable bonds is 5. The molecule has 1 atom stereocenters. The molecule has 0 saturated carbocycles. The van der Waals surface area contributed by atoms with Crippen LogP contribution in [0.3, 0.4) is 0 Å². The van der Waals surface area contributed by atoms with Crippen LogP contribution in [0.1, 0.15) is 18.7 Å². The van der Waals surface area contributed by atoms with Crippen molar-refractivity contribution in [2.24, 2.45) is 0 Å². The maximum absolute atomic E-state index is 11.4. The number of ether oxygens (including phenoxy) is 2. The average molecular weight is 268 g/mol. The van der Waals surface area contributed by atoms with Gasteiger partial charge in [0.1, 0.15) is 5.76 Å². The lowest BCUT2D eigenvalue weighted by Crippen LogP contribution is -2.43. The fourth-order valence-corrected chi connectivity index (χ4v) is 2.14. The number of hydrogen-bond donors (Lipinski definition) is 1. The van der Waals surface area contributed by atoms with Crippen LogP contribution in [0.5, 0.6) is 0 Å². The Morgan fingerprint density at radius 3 is 2.95 bits per heavy atom. The summed E-state index contributed by atoms with van der Waals surface area (Å²) in [6.07, 6.45) is 1.25. The molecule has 106 valence electrons. The molecule has 1 aliphatic rings. The summed E-state index contributed by atoms with van der Waals surface area (Å²) in [7, 11) is 0. The predicted octanol–water partition coefficient (Wildman–Crippen LogP) is 1.40. The Morgan fingerprint density at radius 2 is 2.32 bits per heavy atom. The summed E-state index contributed by atoms with van der Waals surface area (Å²) < 4.78 is 15.7. The lowest BCUT2D eigenvalue weighted by atomic mass is 10.1. The van der Waals surface area contributed by atoms with Gasteiger partial charge in [0.15, 0.2) is 0 Å². The average Bonchev–Trinajstić information content (AvgIpc) is 2.94. The van der Waals surface area contributed by atoms with E-state index < -0.39 is 6.09 Å². The van der Waals surface area contributed by atoms with E-state index in [9.17, 15) is 4.79 Å². The zero-order chi connectivity index (χ0) is 13.5. The molecule has 1 saturated heterocycles. The molecule has 1 amide bonds. The lowest BCUT2D eigenvalue weighted by molar-refractivity contribution is 0.0116. The molecule has 1 unspecified atom stereocenters. The Balaban J connectivity index is 1.96. The Morgan fingerprint density at radius 1 is 1.53 bits per heavy atom. The minimum atomic E-state index is -0.396. The molecule has 1 aromatic heterocycles. The number of morpholine rings is 1. The number of carbonyl (C=O) groups excluding carboxylic acids is 1. The summed E-state index contributed by atoms with van der Waals surface area (Å²) in [6, 6.07) is 3.79. The summed E-state index contributed by atoms with van der Waals surface area (Å²) in [5, 5.41) is 2.77. The van der Waals surface area contributed by atoms with E-state index >= 15 is 0 Å². The fourth-order valence-electron chi connectivity index (χ4n) is 2.14. The van der Waals surface area contributed by atoms with Crippen molar-refractivity contribution in [1.82, 2.24) is 10.2 Å². The molecule has 0 radical (unpaired) electrons. The highest BCUT2D eigenvalue weighted by molar-refractivity contribution is 5.67. The summed E-state index contributed by atoms with van der Waals surface area (Å²) >= 11 is 0. The van der Waals surface area contributed by atoms with Crippen molar-refractivity contribution in [2.45, 2.75) is 13.0 Å². The van der Waals surface area contributed by atoms with Gasteiger partial charge in [0.25, 0.3) is 0 Å². The molecule has 1 fully saturated rings. The van der Waals surface area contributed by atoms with Crippen molar-refractivity contribution >= 4 is 6.09 Å². The first-order valence-corrected chi connectivity index (χ1v) is 6.57. The molecule has 0 aliphatic carbocycles. The molecule has 0 bridgehead atoms. The molecule has 2 heterocycles. The van der Waals surface area contributed by atoms with Gasteiger partial charge in [-0.15, -0.1) is 0 Å². The molecule has 6 nitrogen and oxygen atoms in total. The molecule has 2 rings (SSSR count). The summed E-state index contributed by atoms with van der Waals surface area (Å²) in [6.45, 7) is 5.69. The van der Waals surface area contributed by atoms with E-state index in [0.717, 1.165) is 18.8 Å². The SMILES string of the molecule is CCOC(=O)NCC(c1ccco1)N1CCOCC1. The van der Waals surface area contributed by atoms with Gasteiger partial charge >= 0.3 is 6.09 Å². The topological polar surface area (TPSA) is 63.9 Å². The van der Waals surface area contributed by atoms with E-state index in [1.807, 2.05) is 12.1 Å². The Labute approximate surface area is 112 Å². The van der Waals surface area contributed by atoms with Crippen LogP contribution in [0.15, 0.2) is 22.8 Å². The number of nitrogens with zero attached hydrogens (tertiary/aromatic N) is 1. The second-order valence-corrected chi connectivity index (χ2v) is 4.28. The minimum absolute atomic E-state index is 0.0170. The van der Waals surface area contributed by atoms with E-state index in [2.05, 4.69) is 10.2 Å². The summed E-state index contributed by atoms with van der Waals surface area (Å²) in [5.41, 5.74) is 0. The Hall–Kier alpha value is -1.53. The van der Waals surface area contributed by atoms with E-state index in [0.29, 0.717) is 26.4 Å². The standard InChI is InChI=1S/C13H20N2O4/c1-2-18-13(16)14-10-11(12-4-3-7-19-12)15-5-8-17-9-6-15/h3-4,7,11H,2,5-6,8-10H2,1H3,(H,14,16). The highest BCUT2D eigenvalue weighted by Crippen LogP contribution is 2.21. The van der Waals surface area contributed by atoms with Crippen LogP contribution in [-0.4, -0.2) is 50.4 Å². The summed E-state index contributed by atoms with van der Waals surface area (Å²) in [4.78, 5) is 13.6. The Kier molecular flexibility index (Phi) is 5.23. The van der Waals surface area contributed by atoms with Crippen LogP contribution in [0.25, 0.3) is 0 Å². The van der Waals surface area contributed by atoms with Crippen molar-refractivity contribution in [3.63, 3.8) is 0 Å². The van der Waals surface area contributed by atoms with Gasteiger partial charge in [-0.25, -0.2) is 4.79 Å². The van der Waals surface area contributed by atoms with Gasteiger partial charge in [0, 0.05) is 19.6 Å². The van der Waals surface area contributed by atoms with Crippen molar-refractivity contribution in [2.75, 3.05) is 39.5 Å². The first-order chi connectivity index (χ1) is 9.31.